The average Bonchev–Trinajstić information content (AvgIpc) is 2.49. The highest BCUT2D eigenvalue weighted by Gasteiger charge is 2.20. The van der Waals surface area contributed by atoms with Gasteiger partial charge in [-0.25, -0.2) is 0 Å². The number of amides is 1. The van der Waals surface area contributed by atoms with Crippen molar-refractivity contribution >= 4 is 5.91 Å². The molecule has 1 atom stereocenters. The van der Waals surface area contributed by atoms with Crippen LogP contribution >= 0.6 is 0 Å². The third-order valence-corrected chi connectivity index (χ3v) is 4.06. The summed E-state index contributed by atoms with van der Waals surface area (Å²) in [6.07, 6.45) is 1.00. The molecular formula is C18H28N2O3. The molecule has 128 valence electrons. The summed E-state index contributed by atoms with van der Waals surface area (Å²) in [4.78, 5) is 14.6. The molecule has 0 saturated carbocycles. The molecule has 1 amide bonds. The van der Waals surface area contributed by atoms with E-state index in [0.29, 0.717) is 23.6 Å². The Morgan fingerprint density at radius 3 is 2.96 bits per heavy atom. The Bertz CT molecular complexity index is 531. The Balaban J connectivity index is 1.75. The molecule has 0 unspecified atom stereocenters. The zero-order valence-corrected chi connectivity index (χ0v) is 14.3. The molecule has 5 heteroatoms. The number of nitrogens with one attached hydrogen (secondary N) is 1. The van der Waals surface area contributed by atoms with Crippen molar-refractivity contribution in [1.82, 2.24) is 10.2 Å². The van der Waals surface area contributed by atoms with Gasteiger partial charge < -0.3 is 15.2 Å². The van der Waals surface area contributed by atoms with Gasteiger partial charge in [0.25, 0.3) is 5.91 Å². The van der Waals surface area contributed by atoms with Gasteiger partial charge in [0.1, 0.15) is 5.75 Å². The number of hydrogen-bond donors (Lipinski definition) is 2. The second-order valence-corrected chi connectivity index (χ2v) is 6.69. The van der Waals surface area contributed by atoms with Crippen molar-refractivity contribution in [1.29, 1.82) is 0 Å². The Kier molecular flexibility index (Phi) is 6.42. The zero-order chi connectivity index (χ0) is 16.8. The molecule has 2 rings (SSSR count). The van der Waals surface area contributed by atoms with Crippen LogP contribution in [0.4, 0.5) is 0 Å². The van der Waals surface area contributed by atoms with Crippen LogP contribution in [0.1, 0.15) is 36.2 Å². The van der Waals surface area contributed by atoms with E-state index < -0.39 is 0 Å². The van der Waals surface area contributed by atoms with Crippen molar-refractivity contribution in [3.05, 3.63) is 29.3 Å². The normalized spacial score (nSPS) is 19.0. The second-order valence-electron chi connectivity index (χ2n) is 6.69. The summed E-state index contributed by atoms with van der Waals surface area (Å²) < 4.78 is 5.79. The van der Waals surface area contributed by atoms with E-state index in [1.165, 1.54) is 0 Å². The molecule has 0 bridgehead atoms. The molecule has 2 N–H and O–H groups in total. The Morgan fingerprint density at radius 2 is 2.26 bits per heavy atom. The number of carbonyl (C=O) groups is 1. The predicted octanol–water partition coefficient (Wildman–Crippen LogP) is 2.18. The van der Waals surface area contributed by atoms with Crippen molar-refractivity contribution in [2.24, 2.45) is 5.92 Å². The highest BCUT2D eigenvalue weighted by molar-refractivity contribution is 5.94. The smallest absolute Gasteiger partial charge is 0.251 e. The van der Waals surface area contributed by atoms with Gasteiger partial charge in [-0.15, -0.1) is 0 Å². The topological polar surface area (TPSA) is 61.8 Å². The van der Waals surface area contributed by atoms with E-state index in [9.17, 15) is 9.90 Å². The van der Waals surface area contributed by atoms with Crippen molar-refractivity contribution in [2.45, 2.75) is 33.3 Å². The minimum absolute atomic E-state index is 0.108. The fourth-order valence-electron chi connectivity index (χ4n) is 2.88. The quantitative estimate of drug-likeness (QED) is 0.843. The molecule has 0 aromatic heterocycles. The van der Waals surface area contributed by atoms with Crippen molar-refractivity contribution in [2.75, 3.05) is 32.8 Å². The zero-order valence-electron chi connectivity index (χ0n) is 14.3. The van der Waals surface area contributed by atoms with Gasteiger partial charge in [0.2, 0.25) is 0 Å². The molecule has 0 spiro atoms. The van der Waals surface area contributed by atoms with Crippen LogP contribution < -0.4 is 5.32 Å². The van der Waals surface area contributed by atoms with Crippen molar-refractivity contribution in [3.8, 4) is 5.75 Å². The Labute approximate surface area is 138 Å². The molecule has 5 nitrogen and oxygen atoms in total. The molecule has 1 aromatic rings. The minimum atomic E-state index is -0.108. The number of ether oxygens (including phenoxy) is 1. The number of phenolic OH excluding ortho intramolecular Hbond substituents is 1. The van der Waals surface area contributed by atoms with Gasteiger partial charge >= 0.3 is 0 Å². The number of benzene rings is 1. The molecule has 1 aliphatic heterocycles. The first kappa shape index (κ1) is 17.8. The number of phenols is 1. The highest BCUT2D eigenvalue weighted by Crippen LogP contribution is 2.17. The molecule has 0 radical (unpaired) electrons. The molecule has 1 aliphatic rings. The van der Waals surface area contributed by atoms with Gasteiger partial charge in [-0.05, 0) is 43.0 Å². The molecule has 1 aromatic carbocycles. The number of hydrogen-bond acceptors (Lipinski definition) is 4. The van der Waals surface area contributed by atoms with E-state index in [4.69, 9.17) is 4.74 Å². The van der Waals surface area contributed by atoms with Crippen LogP contribution in [0.15, 0.2) is 18.2 Å². The van der Waals surface area contributed by atoms with Crippen LogP contribution in [0.25, 0.3) is 0 Å². The first-order valence-electron chi connectivity index (χ1n) is 8.37. The lowest BCUT2D eigenvalue weighted by atomic mass is 10.1. The highest BCUT2D eigenvalue weighted by atomic mass is 16.5. The average molecular weight is 320 g/mol. The predicted molar refractivity (Wildman–Crippen MR) is 90.8 cm³/mol. The van der Waals surface area contributed by atoms with Crippen LogP contribution in [0, 0.1) is 12.8 Å². The van der Waals surface area contributed by atoms with Gasteiger partial charge in [-0.1, -0.05) is 13.8 Å². The van der Waals surface area contributed by atoms with Crippen molar-refractivity contribution < 1.29 is 14.6 Å². The van der Waals surface area contributed by atoms with Crippen LogP contribution in [0.2, 0.25) is 0 Å². The van der Waals surface area contributed by atoms with Gasteiger partial charge in [0.05, 0.1) is 12.7 Å². The largest absolute Gasteiger partial charge is 0.508 e. The summed E-state index contributed by atoms with van der Waals surface area (Å²) in [7, 11) is 0. The summed E-state index contributed by atoms with van der Waals surface area (Å²) in [6.45, 7) is 10.6. The van der Waals surface area contributed by atoms with Crippen LogP contribution in [0.3, 0.4) is 0 Å². The third kappa shape index (κ3) is 5.52. The standard InChI is InChI=1S/C18H28N2O3/c1-13(2)11-20-8-9-23-16(12-20)6-7-19-18(22)15-4-5-17(21)14(3)10-15/h4-5,10,13,16,21H,6-9,11-12H2,1-3H3,(H,19,22)/t16-/m1/s1. The van der Waals surface area contributed by atoms with Crippen LogP contribution in [-0.4, -0.2) is 54.8 Å². The first-order chi connectivity index (χ1) is 11.0. The van der Waals surface area contributed by atoms with Crippen LogP contribution in [-0.2, 0) is 4.74 Å². The lowest BCUT2D eigenvalue weighted by Gasteiger charge is -2.34. The molecule has 23 heavy (non-hydrogen) atoms. The lowest BCUT2D eigenvalue weighted by molar-refractivity contribution is -0.0344. The SMILES string of the molecule is Cc1cc(C(=O)NCC[C@@H]2CN(CC(C)C)CCO2)ccc1O. The van der Waals surface area contributed by atoms with Crippen molar-refractivity contribution in [3.63, 3.8) is 0 Å². The summed E-state index contributed by atoms with van der Waals surface area (Å²) in [5.74, 6) is 0.761. The lowest BCUT2D eigenvalue weighted by Crippen LogP contribution is -2.45. The number of carbonyl (C=O) groups excluding carboxylic acids is 1. The van der Waals surface area contributed by atoms with Gasteiger partial charge in [0, 0.05) is 31.7 Å². The maximum atomic E-state index is 12.1. The maximum absolute atomic E-state index is 12.1. The molecular weight excluding hydrogens is 292 g/mol. The van der Waals surface area contributed by atoms with E-state index in [0.717, 1.165) is 32.7 Å². The minimum Gasteiger partial charge on any atom is -0.508 e. The molecule has 1 fully saturated rings. The Hall–Kier alpha value is -1.59. The van der Waals surface area contributed by atoms with E-state index in [1.54, 1.807) is 25.1 Å². The van der Waals surface area contributed by atoms with E-state index in [1.807, 2.05) is 0 Å². The molecule has 1 saturated heterocycles. The summed E-state index contributed by atoms with van der Waals surface area (Å²) in [6, 6.07) is 4.89. The fraction of sp³-hybridized carbons (Fsp3) is 0.611. The van der Waals surface area contributed by atoms with Crippen LogP contribution in [0.5, 0.6) is 5.75 Å². The van der Waals surface area contributed by atoms with E-state index in [2.05, 4.69) is 24.1 Å². The first-order valence-corrected chi connectivity index (χ1v) is 8.37. The summed E-state index contributed by atoms with van der Waals surface area (Å²) >= 11 is 0. The Morgan fingerprint density at radius 1 is 1.48 bits per heavy atom. The maximum Gasteiger partial charge on any atom is 0.251 e. The number of aryl methyl sites for hydroxylation is 1. The monoisotopic (exact) mass is 320 g/mol. The molecule has 0 aliphatic carbocycles. The summed E-state index contributed by atoms with van der Waals surface area (Å²) in [5, 5.41) is 12.4. The summed E-state index contributed by atoms with van der Waals surface area (Å²) in [5.41, 5.74) is 1.28. The number of nitrogens with zero attached hydrogens (tertiary/aromatic N) is 1. The fourth-order valence-corrected chi connectivity index (χ4v) is 2.88. The second kappa shape index (κ2) is 8.31. The number of morpholine rings is 1. The van der Waals surface area contributed by atoms with E-state index >= 15 is 0 Å². The third-order valence-electron chi connectivity index (χ3n) is 4.06. The molecule has 1 heterocycles. The van der Waals surface area contributed by atoms with Gasteiger partial charge in [-0.2, -0.15) is 0 Å². The van der Waals surface area contributed by atoms with Gasteiger partial charge in [0.15, 0.2) is 0 Å². The van der Waals surface area contributed by atoms with Gasteiger partial charge in [-0.3, -0.25) is 9.69 Å². The number of aromatic hydroxyl groups is 1. The number of rotatable bonds is 6. The van der Waals surface area contributed by atoms with E-state index in [-0.39, 0.29) is 17.8 Å².